The molecule has 1 aliphatic rings. The van der Waals surface area contributed by atoms with Gasteiger partial charge in [0.05, 0.1) is 5.69 Å². The van der Waals surface area contributed by atoms with Crippen LogP contribution in [-0.2, 0) is 0 Å². The molecule has 1 saturated heterocycles. The topological polar surface area (TPSA) is 92.5 Å². The fourth-order valence-corrected chi connectivity index (χ4v) is 3.84. The maximum atomic E-state index is 12.9. The number of benzene rings is 2. The SMILES string of the molecule is O=C(Nc1ccccc1)c1nnn(-c2ccccc2)c1OCC(O)CN1CCCCCC1. The lowest BCUT2D eigenvalue weighted by molar-refractivity contribution is 0.0659. The zero-order valence-electron chi connectivity index (χ0n) is 18.1. The Labute approximate surface area is 187 Å². The maximum absolute atomic E-state index is 12.9. The van der Waals surface area contributed by atoms with Gasteiger partial charge in [0.25, 0.3) is 11.8 Å². The first kappa shape index (κ1) is 22.0. The van der Waals surface area contributed by atoms with Crippen molar-refractivity contribution in [1.29, 1.82) is 0 Å². The molecule has 8 nitrogen and oxygen atoms in total. The molecule has 0 spiro atoms. The lowest BCUT2D eigenvalue weighted by atomic mass is 10.2. The zero-order chi connectivity index (χ0) is 22.2. The fraction of sp³-hybridized carbons (Fsp3) is 0.375. The molecule has 2 aromatic carbocycles. The van der Waals surface area contributed by atoms with Crippen LogP contribution in [-0.4, -0.2) is 63.3 Å². The van der Waals surface area contributed by atoms with Crippen molar-refractivity contribution in [1.82, 2.24) is 19.9 Å². The molecule has 32 heavy (non-hydrogen) atoms. The monoisotopic (exact) mass is 435 g/mol. The predicted molar refractivity (Wildman–Crippen MR) is 122 cm³/mol. The van der Waals surface area contributed by atoms with Crippen LogP contribution in [0.4, 0.5) is 5.69 Å². The minimum atomic E-state index is -0.683. The first-order chi connectivity index (χ1) is 15.7. The molecule has 8 heteroatoms. The van der Waals surface area contributed by atoms with E-state index in [4.69, 9.17) is 4.74 Å². The standard InChI is InChI=1S/C24H29N5O3/c30-21(17-28-15-9-1-2-10-16-28)18-32-24-22(23(31)25-19-11-5-3-6-12-19)26-27-29(24)20-13-7-4-8-14-20/h3-8,11-14,21,30H,1-2,9-10,15-18H2,(H,25,31). The molecule has 4 rings (SSSR count). The number of aliphatic hydroxyl groups excluding tert-OH is 1. The molecule has 2 heterocycles. The summed E-state index contributed by atoms with van der Waals surface area (Å²) in [6.07, 6.45) is 4.11. The second-order valence-electron chi connectivity index (χ2n) is 7.99. The largest absolute Gasteiger partial charge is 0.473 e. The van der Waals surface area contributed by atoms with E-state index < -0.39 is 12.0 Å². The summed E-state index contributed by atoms with van der Waals surface area (Å²) in [5.74, 6) is -0.213. The van der Waals surface area contributed by atoms with Crippen LogP contribution >= 0.6 is 0 Å². The second kappa shape index (κ2) is 10.9. The van der Waals surface area contributed by atoms with Gasteiger partial charge in [-0.15, -0.1) is 5.10 Å². The lowest BCUT2D eigenvalue weighted by Crippen LogP contribution is -2.36. The number of likely N-dealkylation sites (tertiary alicyclic amines) is 1. The molecule has 168 valence electrons. The molecule has 3 aromatic rings. The first-order valence-corrected chi connectivity index (χ1v) is 11.1. The van der Waals surface area contributed by atoms with Crippen molar-refractivity contribution in [2.45, 2.75) is 31.8 Å². The average Bonchev–Trinajstić information content (AvgIpc) is 3.08. The summed E-state index contributed by atoms with van der Waals surface area (Å²) in [6, 6.07) is 18.5. The number of aromatic nitrogens is 3. The number of hydrogen-bond acceptors (Lipinski definition) is 6. The number of rotatable bonds is 8. The normalized spacial score (nSPS) is 15.7. The number of carbonyl (C=O) groups is 1. The van der Waals surface area contributed by atoms with Crippen LogP contribution in [0, 0.1) is 0 Å². The molecule has 1 atom stereocenters. The lowest BCUT2D eigenvalue weighted by Gasteiger charge is -2.23. The van der Waals surface area contributed by atoms with E-state index in [1.807, 2.05) is 48.5 Å². The number of nitrogens with zero attached hydrogens (tertiary/aromatic N) is 4. The van der Waals surface area contributed by atoms with E-state index in [1.54, 1.807) is 12.1 Å². The van der Waals surface area contributed by atoms with Gasteiger partial charge in [-0.2, -0.15) is 4.68 Å². The van der Waals surface area contributed by atoms with Gasteiger partial charge in [0.2, 0.25) is 5.69 Å². The average molecular weight is 436 g/mol. The van der Waals surface area contributed by atoms with E-state index in [9.17, 15) is 9.90 Å². The predicted octanol–water partition coefficient (Wildman–Crippen LogP) is 3.14. The van der Waals surface area contributed by atoms with E-state index in [-0.39, 0.29) is 18.2 Å². The van der Waals surface area contributed by atoms with Crippen LogP contribution < -0.4 is 10.1 Å². The van der Waals surface area contributed by atoms with E-state index in [0.29, 0.717) is 12.2 Å². The number of β-amino-alcohol motifs (C(OH)–C–C–N with tert-alkyl or cyclic N) is 1. The summed E-state index contributed by atoms with van der Waals surface area (Å²) in [6.45, 7) is 2.57. The summed E-state index contributed by atoms with van der Waals surface area (Å²) < 4.78 is 7.44. The zero-order valence-corrected chi connectivity index (χ0v) is 18.1. The van der Waals surface area contributed by atoms with E-state index >= 15 is 0 Å². The third-order valence-electron chi connectivity index (χ3n) is 5.46. The smallest absolute Gasteiger partial charge is 0.281 e. The van der Waals surface area contributed by atoms with Gasteiger partial charge in [0.15, 0.2) is 0 Å². The molecule has 1 aromatic heterocycles. The molecule has 1 aliphatic heterocycles. The van der Waals surface area contributed by atoms with Crippen molar-refractivity contribution >= 4 is 11.6 Å². The van der Waals surface area contributed by atoms with E-state index in [2.05, 4.69) is 20.5 Å². The van der Waals surface area contributed by atoms with Crippen molar-refractivity contribution in [3.8, 4) is 11.6 Å². The molecule has 0 saturated carbocycles. The number of nitrogens with one attached hydrogen (secondary N) is 1. The summed E-state index contributed by atoms with van der Waals surface area (Å²) in [4.78, 5) is 15.2. The van der Waals surface area contributed by atoms with Gasteiger partial charge in [-0.3, -0.25) is 4.79 Å². The van der Waals surface area contributed by atoms with Crippen molar-refractivity contribution in [3.63, 3.8) is 0 Å². The Hall–Kier alpha value is -3.23. The number of carbonyl (C=O) groups excluding carboxylic acids is 1. The molecule has 1 amide bonds. The minimum absolute atomic E-state index is 0.0440. The third kappa shape index (κ3) is 5.72. The van der Waals surface area contributed by atoms with Gasteiger partial charge < -0.3 is 20.1 Å². The van der Waals surface area contributed by atoms with Crippen LogP contribution in [0.5, 0.6) is 5.88 Å². The Morgan fingerprint density at radius 2 is 1.66 bits per heavy atom. The summed E-state index contributed by atoms with van der Waals surface area (Å²) in [5, 5.41) is 21.6. The Balaban J connectivity index is 1.50. The summed E-state index contributed by atoms with van der Waals surface area (Å²) >= 11 is 0. The summed E-state index contributed by atoms with van der Waals surface area (Å²) in [7, 11) is 0. The van der Waals surface area contributed by atoms with Crippen molar-refractivity contribution in [2.75, 3.05) is 31.6 Å². The Morgan fingerprint density at radius 3 is 2.34 bits per heavy atom. The number of anilines is 1. The molecular weight excluding hydrogens is 406 g/mol. The highest BCUT2D eigenvalue weighted by Crippen LogP contribution is 2.22. The molecule has 1 fully saturated rings. The van der Waals surface area contributed by atoms with Crippen molar-refractivity contribution in [3.05, 3.63) is 66.4 Å². The van der Waals surface area contributed by atoms with Gasteiger partial charge in [-0.25, -0.2) is 0 Å². The van der Waals surface area contributed by atoms with Gasteiger partial charge in [0, 0.05) is 12.2 Å². The quantitative estimate of drug-likeness (QED) is 0.565. The number of para-hydroxylation sites is 2. The summed E-state index contributed by atoms with van der Waals surface area (Å²) in [5.41, 5.74) is 1.44. The highest BCUT2D eigenvalue weighted by Gasteiger charge is 2.24. The number of amides is 1. The van der Waals surface area contributed by atoms with Crippen LogP contribution in [0.25, 0.3) is 5.69 Å². The van der Waals surface area contributed by atoms with Crippen molar-refractivity contribution < 1.29 is 14.6 Å². The Morgan fingerprint density at radius 1 is 1.00 bits per heavy atom. The Kier molecular flexibility index (Phi) is 7.47. The van der Waals surface area contributed by atoms with E-state index in [0.717, 1.165) is 31.6 Å². The van der Waals surface area contributed by atoms with Crippen LogP contribution in [0.15, 0.2) is 60.7 Å². The third-order valence-corrected chi connectivity index (χ3v) is 5.46. The minimum Gasteiger partial charge on any atom is -0.473 e. The second-order valence-corrected chi connectivity index (χ2v) is 7.99. The molecule has 2 N–H and O–H groups in total. The first-order valence-electron chi connectivity index (χ1n) is 11.1. The number of aliphatic hydroxyl groups is 1. The van der Waals surface area contributed by atoms with Gasteiger partial charge in [-0.1, -0.05) is 54.5 Å². The fourth-order valence-electron chi connectivity index (χ4n) is 3.84. The number of hydrogen-bond donors (Lipinski definition) is 2. The molecule has 0 bridgehead atoms. The van der Waals surface area contributed by atoms with Gasteiger partial charge in [-0.05, 0) is 50.2 Å². The van der Waals surface area contributed by atoms with Gasteiger partial charge in [0.1, 0.15) is 12.7 Å². The van der Waals surface area contributed by atoms with Gasteiger partial charge >= 0.3 is 0 Å². The molecule has 0 radical (unpaired) electrons. The van der Waals surface area contributed by atoms with Crippen LogP contribution in [0.2, 0.25) is 0 Å². The van der Waals surface area contributed by atoms with Crippen LogP contribution in [0.1, 0.15) is 36.2 Å². The Bertz CT molecular complexity index is 985. The van der Waals surface area contributed by atoms with Crippen molar-refractivity contribution in [2.24, 2.45) is 0 Å². The highest BCUT2D eigenvalue weighted by molar-refractivity contribution is 6.04. The van der Waals surface area contributed by atoms with E-state index in [1.165, 1.54) is 17.5 Å². The molecule has 0 aliphatic carbocycles. The molecule has 1 unspecified atom stereocenters. The van der Waals surface area contributed by atoms with Crippen LogP contribution in [0.3, 0.4) is 0 Å². The highest BCUT2D eigenvalue weighted by atomic mass is 16.5. The maximum Gasteiger partial charge on any atom is 0.281 e. The molecular formula is C24H29N5O3. The number of ether oxygens (including phenoxy) is 1.